The van der Waals surface area contributed by atoms with E-state index in [0.29, 0.717) is 5.92 Å². The van der Waals surface area contributed by atoms with Crippen molar-refractivity contribution < 1.29 is 4.42 Å². The molecule has 0 bridgehead atoms. The van der Waals surface area contributed by atoms with Gasteiger partial charge in [0.05, 0.1) is 5.69 Å². The van der Waals surface area contributed by atoms with Crippen LogP contribution in [0.25, 0.3) is 33.2 Å². The summed E-state index contributed by atoms with van der Waals surface area (Å²) < 4.78 is 6.15. The maximum Gasteiger partial charge on any atom is 0.144 e. The number of aryl methyl sites for hydroxylation is 1. The molecular weight excluding hydrogens is 282 g/mol. The lowest BCUT2D eigenvalue weighted by molar-refractivity contribution is 0.669. The van der Waals surface area contributed by atoms with E-state index in [-0.39, 0.29) is 0 Å². The number of pyridine rings is 1. The third kappa shape index (κ3) is 2.31. The van der Waals surface area contributed by atoms with Crippen LogP contribution in [-0.2, 0) is 0 Å². The summed E-state index contributed by atoms with van der Waals surface area (Å²) in [6, 6.07) is 16.9. The molecule has 0 N–H and O–H groups in total. The summed E-state index contributed by atoms with van der Waals surface area (Å²) in [4.78, 5) is 4.57. The Labute approximate surface area is 135 Å². The van der Waals surface area contributed by atoms with Gasteiger partial charge in [-0.25, -0.2) is 0 Å². The quantitative estimate of drug-likeness (QED) is 0.448. The zero-order chi connectivity index (χ0) is 16.0. The summed E-state index contributed by atoms with van der Waals surface area (Å²) in [5.41, 5.74) is 6.40. The molecule has 0 amide bonds. The van der Waals surface area contributed by atoms with E-state index >= 15 is 0 Å². The first-order valence-electron chi connectivity index (χ1n) is 8.01. The van der Waals surface area contributed by atoms with Gasteiger partial charge in [-0.3, -0.25) is 4.98 Å². The zero-order valence-corrected chi connectivity index (χ0v) is 13.6. The van der Waals surface area contributed by atoms with Gasteiger partial charge in [0.1, 0.15) is 11.2 Å². The number of benzene rings is 2. The molecule has 0 atom stereocenters. The van der Waals surface area contributed by atoms with Crippen molar-refractivity contribution in [2.24, 2.45) is 0 Å². The largest absolute Gasteiger partial charge is 0.455 e. The van der Waals surface area contributed by atoms with Crippen molar-refractivity contribution in [1.82, 2.24) is 4.98 Å². The van der Waals surface area contributed by atoms with E-state index in [9.17, 15) is 0 Å². The minimum absolute atomic E-state index is 0.481. The molecule has 2 heteroatoms. The lowest BCUT2D eigenvalue weighted by Crippen LogP contribution is -1.90. The molecule has 0 spiro atoms. The highest BCUT2D eigenvalue weighted by molar-refractivity contribution is 6.09. The van der Waals surface area contributed by atoms with Crippen LogP contribution in [0.4, 0.5) is 0 Å². The van der Waals surface area contributed by atoms with Crippen molar-refractivity contribution in [3.05, 3.63) is 65.9 Å². The minimum atomic E-state index is 0.481. The average Bonchev–Trinajstić information content (AvgIpc) is 2.93. The molecule has 4 aromatic rings. The fourth-order valence-corrected chi connectivity index (χ4v) is 3.07. The van der Waals surface area contributed by atoms with Crippen LogP contribution in [0.5, 0.6) is 0 Å². The average molecular weight is 301 g/mol. The Morgan fingerprint density at radius 2 is 1.83 bits per heavy atom. The summed E-state index contributed by atoms with van der Waals surface area (Å²) in [6.07, 6.45) is 1.89. The Morgan fingerprint density at radius 3 is 2.65 bits per heavy atom. The van der Waals surface area contributed by atoms with Crippen molar-refractivity contribution in [1.29, 1.82) is 0 Å². The number of furan rings is 1. The van der Waals surface area contributed by atoms with Crippen LogP contribution in [0.2, 0.25) is 0 Å². The molecule has 0 saturated carbocycles. The summed E-state index contributed by atoms with van der Waals surface area (Å²) >= 11 is 0. The van der Waals surface area contributed by atoms with E-state index in [1.807, 2.05) is 12.3 Å². The van der Waals surface area contributed by atoms with Gasteiger partial charge in [0.25, 0.3) is 0 Å². The first-order valence-corrected chi connectivity index (χ1v) is 8.01. The third-order valence-electron chi connectivity index (χ3n) is 4.38. The second-order valence-corrected chi connectivity index (χ2v) is 6.41. The standard InChI is InChI=1S/C21H19NO/c1-13(2)15-9-10-22-19(12-15)17-6-4-5-16-18-11-14(3)7-8-20(18)23-21(16)17/h4-13H,1-3H3. The second kappa shape index (κ2) is 5.24. The number of rotatable bonds is 2. The molecule has 0 fully saturated rings. The lowest BCUT2D eigenvalue weighted by Gasteiger charge is -2.07. The maximum absolute atomic E-state index is 6.15. The van der Waals surface area contributed by atoms with Crippen LogP contribution in [-0.4, -0.2) is 4.98 Å². The Balaban J connectivity index is 2.01. The van der Waals surface area contributed by atoms with Crippen LogP contribution in [0.15, 0.2) is 59.1 Å². The Hall–Kier alpha value is -2.61. The van der Waals surface area contributed by atoms with Gasteiger partial charge >= 0.3 is 0 Å². The molecule has 0 aliphatic heterocycles. The van der Waals surface area contributed by atoms with E-state index in [4.69, 9.17) is 4.42 Å². The first-order chi connectivity index (χ1) is 11.1. The number of nitrogens with zero attached hydrogens (tertiary/aromatic N) is 1. The predicted octanol–water partition coefficient (Wildman–Crippen LogP) is 6.08. The zero-order valence-electron chi connectivity index (χ0n) is 13.6. The fraction of sp³-hybridized carbons (Fsp3) is 0.190. The molecular formula is C21H19NO. The van der Waals surface area contributed by atoms with Crippen molar-refractivity contribution >= 4 is 21.9 Å². The van der Waals surface area contributed by atoms with Gasteiger partial charge < -0.3 is 4.42 Å². The SMILES string of the molecule is Cc1ccc2oc3c(-c4cc(C(C)C)ccn4)cccc3c2c1. The van der Waals surface area contributed by atoms with Gasteiger partial charge in [0.2, 0.25) is 0 Å². The molecule has 0 aliphatic carbocycles. The molecule has 0 radical (unpaired) electrons. The highest BCUT2D eigenvalue weighted by atomic mass is 16.3. The molecule has 2 aromatic carbocycles. The van der Waals surface area contributed by atoms with Crippen molar-refractivity contribution in [3.8, 4) is 11.3 Å². The molecule has 0 saturated heterocycles. The lowest BCUT2D eigenvalue weighted by atomic mass is 10.0. The van der Waals surface area contributed by atoms with Gasteiger partial charge in [0.15, 0.2) is 0 Å². The number of aromatic nitrogens is 1. The summed E-state index contributed by atoms with van der Waals surface area (Å²) in [6.45, 7) is 6.50. The van der Waals surface area contributed by atoms with Crippen molar-refractivity contribution in [2.45, 2.75) is 26.7 Å². The molecule has 0 unspecified atom stereocenters. The number of hydrogen-bond donors (Lipinski definition) is 0. The van der Waals surface area contributed by atoms with E-state index in [1.54, 1.807) is 0 Å². The van der Waals surface area contributed by atoms with Gasteiger partial charge in [-0.1, -0.05) is 37.6 Å². The van der Waals surface area contributed by atoms with Gasteiger partial charge in [-0.15, -0.1) is 0 Å². The van der Waals surface area contributed by atoms with Crippen molar-refractivity contribution in [3.63, 3.8) is 0 Å². The molecule has 2 nitrogen and oxygen atoms in total. The van der Waals surface area contributed by atoms with E-state index < -0.39 is 0 Å². The topological polar surface area (TPSA) is 26.0 Å². The molecule has 23 heavy (non-hydrogen) atoms. The molecule has 2 aromatic heterocycles. The minimum Gasteiger partial charge on any atom is -0.455 e. The molecule has 4 rings (SSSR count). The van der Waals surface area contributed by atoms with E-state index in [1.165, 1.54) is 16.5 Å². The molecule has 2 heterocycles. The Bertz CT molecular complexity index is 1010. The van der Waals surface area contributed by atoms with Crippen LogP contribution < -0.4 is 0 Å². The third-order valence-corrected chi connectivity index (χ3v) is 4.38. The Kier molecular flexibility index (Phi) is 3.19. The maximum atomic E-state index is 6.15. The molecule has 114 valence electrons. The van der Waals surface area contributed by atoms with E-state index in [2.05, 4.69) is 68.2 Å². The van der Waals surface area contributed by atoms with Crippen LogP contribution in [0.3, 0.4) is 0 Å². The van der Waals surface area contributed by atoms with Crippen molar-refractivity contribution in [2.75, 3.05) is 0 Å². The predicted molar refractivity (Wildman–Crippen MR) is 95.8 cm³/mol. The highest BCUT2D eigenvalue weighted by Crippen LogP contribution is 2.35. The second-order valence-electron chi connectivity index (χ2n) is 6.41. The summed E-state index contributed by atoms with van der Waals surface area (Å²) in [5, 5.41) is 2.32. The van der Waals surface area contributed by atoms with Crippen LogP contribution >= 0.6 is 0 Å². The highest BCUT2D eigenvalue weighted by Gasteiger charge is 2.13. The monoisotopic (exact) mass is 301 g/mol. The number of para-hydroxylation sites is 1. The van der Waals surface area contributed by atoms with Gasteiger partial charge in [-0.05, 0) is 48.7 Å². The number of fused-ring (bicyclic) bond motifs is 3. The van der Waals surface area contributed by atoms with Crippen LogP contribution in [0.1, 0.15) is 30.9 Å². The van der Waals surface area contributed by atoms with Gasteiger partial charge in [0, 0.05) is 22.5 Å². The fourth-order valence-electron chi connectivity index (χ4n) is 3.07. The summed E-state index contributed by atoms with van der Waals surface area (Å²) in [7, 11) is 0. The normalized spacial score (nSPS) is 11.7. The molecule has 0 aliphatic rings. The number of hydrogen-bond acceptors (Lipinski definition) is 2. The van der Waals surface area contributed by atoms with Crippen LogP contribution in [0, 0.1) is 6.92 Å². The Morgan fingerprint density at radius 1 is 0.957 bits per heavy atom. The van der Waals surface area contributed by atoms with Gasteiger partial charge in [-0.2, -0.15) is 0 Å². The smallest absolute Gasteiger partial charge is 0.144 e. The summed E-state index contributed by atoms with van der Waals surface area (Å²) in [5.74, 6) is 0.481. The first kappa shape index (κ1) is 14.0. The van der Waals surface area contributed by atoms with E-state index in [0.717, 1.165) is 27.8 Å².